The highest BCUT2D eigenvalue weighted by Gasteiger charge is 2.16. The van der Waals surface area contributed by atoms with Crippen LogP contribution in [0.1, 0.15) is 0 Å². The SMILES string of the molecule is COc1cccc(N2C=CSC2N)c1. The topological polar surface area (TPSA) is 38.5 Å². The van der Waals surface area contributed by atoms with Gasteiger partial charge in [-0.2, -0.15) is 0 Å². The van der Waals surface area contributed by atoms with Crippen molar-refractivity contribution in [2.45, 2.75) is 5.50 Å². The zero-order valence-electron chi connectivity index (χ0n) is 7.88. The summed E-state index contributed by atoms with van der Waals surface area (Å²) in [5.41, 5.74) is 6.92. The molecule has 2 N–H and O–H groups in total. The first-order valence-electron chi connectivity index (χ1n) is 4.31. The number of hydrogen-bond donors (Lipinski definition) is 1. The molecule has 1 aliphatic rings. The van der Waals surface area contributed by atoms with Gasteiger partial charge in [-0.15, -0.1) is 0 Å². The Morgan fingerprint density at radius 2 is 2.36 bits per heavy atom. The van der Waals surface area contributed by atoms with E-state index in [1.807, 2.05) is 40.8 Å². The van der Waals surface area contributed by atoms with Crippen LogP contribution >= 0.6 is 11.8 Å². The smallest absolute Gasteiger partial charge is 0.133 e. The molecule has 4 heteroatoms. The highest BCUT2D eigenvalue weighted by Crippen LogP contribution is 2.29. The lowest BCUT2D eigenvalue weighted by atomic mass is 10.3. The fourth-order valence-corrected chi connectivity index (χ4v) is 2.02. The maximum absolute atomic E-state index is 5.89. The molecule has 2 rings (SSSR count). The number of benzene rings is 1. The number of methoxy groups -OCH3 is 1. The molecular formula is C10H12N2OS. The fraction of sp³-hybridized carbons (Fsp3) is 0.200. The van der Waals surface area contributed by atoms with E-state index < -0.39 is 0 Å². The second-order valence-corrected chi connectivity index (χ2v) is 3.95. The maximum atomic E-state index is 5.89. The summed E-state index contributed by atoms with van der Waals surface area (Å²) >= 11 is 1.60. The molecule has 1 heterocycles. The van der Waals surface area contributed by atoms with Crippen molar-refractivity contribution in [3.63, 3.8) is 0 Å². The first-order chi connectivity index (χ1) is 6.81. The van der Waals surface area contributed by atoms with E-state index in [1.54, 1.807) is 18.9 Å². The summed E-state index contributed by atoms with van der Waals surface area (Å²) in [5, 5.41) is 1.99. The predicted molar refractivity (Wildman–Crippen MR) is 60.2 cm³/mol. The van der Waals surface area contributed by atoms with E-state index in [9.17, 15) is 0 Å². The minimum atomic E-state index is -0.0258. The maximum Gasteiger partial charge on any atom is 0.133 e. The van der Waals surface area contributed by atoms with Crippen molar-refractivity contribution in [1.82, 2.24) is 0 Å². The number of anilines is 1. The largest absolute Gasteiger partial charge is 0.497 e. The van der Waals surface area contributed by atoms with Crippen LogP contribution in [-0.4, -0.2) is 12.6 Å². The van der Waals surface area contributed by atoms with Gasteiger partial charge in [0.2, 0.25) is 0 Å². The number of nitrogens with zero attached hydrogens (tertiary/aromatic N) is 1. The monoisotopic (exact) mass is 208 g/mol. The highest BCUT2D eigenvalue weighted by molar-refractivity contribution is 8.03. The summed E-state index contributed by atoms with van der Waals surface area (Å²) in [4.78, 5) is 2.01. The van der Waals surface area contributed by atoms with Crippen LogP contribution in [0.5, 0.6) is 5.75 Å². The quantitative estimate of drug-likeness (QED) is 0.806. The van der Waals surface area contributed by atoms with E-state index >= 15 is 0 Å². The second-order valence-electron chi connectivity index (χ2n) is 2.92. The van der Waals surface area contributed by atoms with Crippen LogP contribution in [0.3, 0.4) is 0 Å². The average molecular weight is 208 g/mol. The summed E-state index contributed by atoms with van der Waals surface area (Å²) in [7, 11) is 1.66. The van der Waals surface area contributed by atoms with Gasteiger partial charge in [-0.3, -0.25) is 0 Å². The van der Waals surface area contributed by atoms with Gasteiger partial charge in [0.05, 0.1) is 7.11 Å². The lowest BCUT2D eigenvalue weighted by Crippen LogP contribution is -2.31. The summed E-state index contributed by atoms with van der Waals surface area (Å²) in [5.74, 6) is 0.847. The lowest BCUT2D eigenvalue weighted by Gasteiger charge is -2.21. The second kappa shape index (κ2) is 3.94. The van der Waals surface area contributed by atoms with Crippen molar-refractivity contribution >= 4 is 17.4 Å². The van der Waals surface area contributed by atoms with Crippen LogP contribution in [0.25, 0.3) is 0 Å². The molecule has 0 spiro atoms. The molecule has 1 atom stereocenters. The van der Waals surface area contributed by atoms with Crippen molar-refractivity contribution in [3.8, 4) is 5.75 Å². The number of hydrogen-bond acceptors (Lipinski definition) is 4. The van der Waals surface area contributed by atoms with Gasteiger partial charge in [0.15, 0.2) is 0 Å². The van der Waals surface area contributed by atoms with Gasteiger partial charge >= 0.3 is 0 Å². The molecule has 74 valence electrons. The van der Waals surface area contributed by atoms with E-state index in [0.29, 0.717) is 0 Å². The van der Waals surface area contributed by atoms with Gasteiger partial charge in [0.1, 0.15) is 11.2 Å². The molecule has 3 nitrogen and oxygen atoms in total. The van der Waals surface area contributed by atoms with Gasteiger partial charge < -0.3 is 15.4 Å². The molecule has 0 fully saturated rings. The van der Waals surface area contributed by atoms with Gasteiger partial charge in [-0.1, -0.05) is 17.8 Å². The van der Waals surface area contributed by atoms with Crippen molar-refractivity contribution in [1.29, 1.82) is 0 Å². The summed E-state index contributed by atoms with van der Waals surface area (Å²) in [6.45, 7) is 0. The number of rotatable bonds is 2. The molecule has 14 heavy (non-hydrogen) atoms. The Morgan fingerprint density at radius 3 is 3.00 bits per heavy atom. The number of thioether (sulfide) groups is 1. The van der Waals surface area contributed by atoms with Gasteiger partial charge in [-0.25, -0.2) is 0 Å². The minimum Gasteiger partial charge on any atom is -0.497 e. The molecule has 0 aliphatic carbocycles. The van der Waals surface area contributed by atoms with E-state index in [1.165, 1.54) is 0 Å². The van der Waals surface area contributed by atoms with E-state index in [4.69, 9.17) is 10.5 Å². The van der Waals surface area contributed by atoms with Crippen molar-refractivity contribution < 1.29 is 4.74 Å². The Labute approximate surface area is 87.5 Å². The van der Waals surface area contributed by atoms with Gasteiger partial charge in [-0.05, 0) is 17.5 Å². The van der Waals surface area contributed by atoms with E-state index in [-0.39, 0.29) is 5.50 Å². The van der Waals surface area contributed by atoms with E-state index in [0.717, 1.165) is 11.4 Å². The molecule has 0 saturated carbocycles. The normalized spacial score (nSPS) is 20.1. The van der Waals surface area contributed by atoms with Crippen LogP contribution in [0.4, 0.5) is 5.69 Å². The molecule has 1 aliphatic heterocycles. The summed E-state index contributed by atoms with van der Waals surface area (Å²) < 4.78 is 5.15. The average Bonchev–Trinajstić information content (AvgIpc) is 2.65. The molecule has 1 aromatic carbocycles. The molecule has 1 aromatic rings. The first kappa shape index (κ1) is 9.43. The Morgan fingerprint density at radius 1 is 1.50 bits per heavy atom. The molecule has 0 radical (unpaired) electrons. The number of nitrogens with two attached hydrogens (primary N) is 1. The minimum absolute atomic E-state index is 0.0258. The van der Waals surface area contributed by atoms with Gasteiger partial charge in [0, 0.05) is 18.0 Å². The lowest BCUT2D eigenvalue weighted by molar-refractivity contribution is 0.415. The standard InChI is InChI=1S/C10H12N2OS/c1-13-9-4-2-3-8(7-9)12-5-6-14-10(12)11/h2-7,10H,11H2,1H3. The molecule has 0 bridgehead atoms. The first-order valence-corrected chi connectivity index (χ1v) is 5.25. The molecule has 0 aromatic heterocycles. The van der Waals surface area contributed by atoms with E-state index in [2.05, 4.69) is 0 Å². The van der Waals surface area contributed by atoms with Crippen molar-refractivity contribution in [2.24, 2.45) is 5.73 Å². The third kappa shape index (κ3) is 1.71. The highest BCUT2D eigenvalue weighted by atomic mass is 32.2. The third-order valence-corrected chi connectivity index (χ3v) is 2.85. The Bertz CT molecular complexity index is 354. The molecular weight excluding hydrogens is 196 g/mol. The van der Waals surface area contributed by atoms with Crippen molar-refractivity contribution in [2.75, 3.05) is 12.0 Å². The molecule has 0 saturated heterocycles. The van der Waals surface area contributed by atoms with Crippen LogP contribution in [0.2, 0.25) is 0 Å². The van der Waals surface area contributed by atoms with Crippen LogP contribution < -0.4 is 15.4 Å². The van der Waals surface area contributed by atoms with Gasteiger partial charge in [0.25, 0.3) is 0 Å². The Hall–Kier alpha value is -1.13. The molecule has 0 amide bonds. The zero-order valence-corrected chi connectivity index (χ0v) is 8.70. The predicted octanol–water partition coefficient (Wildman–Crippen LogP) is 1.96. The fourth-order valence-electron chi connectivity index (χ4n) is 1.34. The van der Waals surface area contributed by atoms with Crippen LogP contribution in [0, 0.1) is 0 Å². The van der Waals surface area contributed by atoms with Crippen LogP contribution in [0.15, 0.2) is 35.9 Å². The third-order valence-electron chi connectivity index (χ3n) is 2.07. The van der Waals surface area contributed by atoms with Crippen molar-refractivity contribution in [3.05, 3.63) is 35.9 Å². The zero-order chi connectivity index (χ0) is 9.97. The summed E-state index contributed by atoms with van der Waals surface area (Å²) in [6.07, 6.45) is 1.98. The number of ether oxygens (including phenoxy) is 1. The Balaban J connectivity index is 2.27. The Kier molecular flexibility index (Phi) is 2.65. The summed E-state index contributed by atoms with van der Waals surface area (Å²) in [6, 6.07) is 7.86. The van der Waals surface area contributed by atoms with Crippen LogP contribution in [-0.2, 0) is 0 Å². The molecule has 1 unspecified atom stereocenters.